The average Bonchev–Trinajstić information content (AvgIpc) is 2.73. The van der Waals surface area contributed by atoms with Crippen LogP contribution in [0.3, 0.4) is 0 Å². The molecule has 1 aromatic carbocycles. The Hall–Kier alpha value is -1.01. The van der Waals surface area contributed by atoms with E-state index in [1.165, 1.54) is 6.07 Å². The first-order valence-corrected chi connectivity index (χ1v) is 5.92. The van der Waals surface area contributed by atoms with E-state index in [-0.39, 0.29) is 10.0 Å². The number of halogens is 3. The summed E-state index contributed by atoms with van der Waals surface area (Å²) in [6.45, 7) is 0. The maximum atomic E-state index is 13.8. The summed E-state index contributed by atoms with van der Waals surface area (Å²) in [5.41, 5.74) is -0.0943. The van der Waals surface area contributed by atoms with Crippen LogP contribution in [0.4, 0.5) is 8.78 Å². The second kappa shape index (κ2) is 4.70. The Balaban J connectivity index is 2.30. The third-order valence-corrected chi connectivity index (χ3v) is 3.48. The Kier molecular flexibility index (Phi) is 3.44. The van der Waals surface area contributed by atoms with Crippen LogP contribution in [0, 0.1) is 11.6 Å². The maximum absolute atomic E-state index is 13.8. The van der Waals surface area contributed by atoms with Crippen LogP contribution >= 0.6 is 15.9 Å². The van der Waals surface area contributed by atoms with Crippen LogP contribution in [0.25, 0.3) is 0 Å². The SMILES string of the molecule is O=C(O)C1CCC(c2c(F)ccc(Br)c2F)N1. The van der Waals surface area contributed by atoms with Crippen molar-refractivity contribution in [2.75, 3.05) is 0 Å². The van der Waals surface area contributed by atoms with Gasteiger partial charge in [-0.3, -0.25) is 10.1 Å². The third kappa shape index (κ3) is 2.32. The Morgan fingerprint density at radius 2 is 2.12 bits per heavy atom. The topological polar surface area (TPSA) is 49.3 Å². The van der Waals surface area contributed by atoms with E-state index >= 15 is 0 Å². The van der Waals surface area contributed by atoms with Crippen molar-refractivity contribution in [1.29, 1.82) is 0 Å². The molecule has 0 aliphatic carbocycles. The third-order valence-electron chi connectivity index (χ3n) is 2.87. The fourth-order valence-corrected chi connectivity index (χ4v) is 2.37. The molecule has 2 rings (SSSR count). The molecule has 6 heteroatoms. The van der Waals surface area contributed by atoms with Crippen LogP contribution in [0.5, 0.6) is 0 Å². The Morgan fingerprint density at radius 3 is 2.71 bits per heavy atom. The van der Waals surface area contributed by atoms with Gasteiger partial charge in [0.25, 0.3) is 0 Å². The van der Waals surface area contributed by atoms with Crippen LogP contribution in [-0.2, 0) is 4.79 Å². The molecular weight excluding hydrogens is 296 g/mol. The molecule has 0 amide bonds. The van der Waals surface area contributed by atoms with Crippen LogP contribution < -0.4 is 5.32 Å². The number of hydrogen-bond donors (Lipinski definition) is 2. The highest BCUT2D eigenvalue weighted by atomic mass is 79.9. The monoisotopic (exact) mass is 305 g/mol. The molecule has 1 saturated heterocycles. The quantitative estimate of drug-likeness (QED) is 0.826. The predicted molar refractivity (Wildman–Crippen MR) is 60.6 cm³/mol. The highest BCUT2D eigenvalue weighted by Crippen LogP contribution is 2.33. The molecule has 0 spiro atoms. The molecule has 0 aromatic heterocycles. The van der Waals surface area contributed by atoms with E-state index in [9.17, 15) is 13.6 Å². The van der Waals surface area contributed by atoms with Gasteiger partial charge in [-0.1, -0.05) is 0 Å². The summed E-state index contributed by atoms with van der Waals surface area (Å²) in [5, 5.41) is 11.5. The standard InChI is InChI=1S/C11H10BrF2NO2/c12-5-1-2-6(13)9(10(5)14)7-3-4-8(15-7)11(16)17/h1-2,7-8,15H,3-4H2,(H,16,17). The summed E-state index contributed by atoms with van der Waals surface area (Å²) in [7, 11) is 0. The normalized spacial score (nSPS) is 23.9. The lowest BCUT2D eigenvalue weighted by molar-refractivity contribution is -0.139. The van der Waals surface area contributed by atoms with E-state index in [0.717, 1.165) is 6.07 Å². The summed E-state index contributed by atoms with van der Waals surface area (Å²) in [6.07, 6.45) is 0.770. The van der Waals surface area contributed by atoms with Gasteiger partial charge in [0.15, 0.2) is 0 Å². The predicted octanol–water partition coefficient (Wildman–Crippen LogP) is 2.61. The lowest BCUT2D eigenvalue weighted by Crippen LogP contribution is -2.32. The number of benzene rings is 1. The summed E-state index contributed by atoms with van der Waals surface area (Å²) >= 11 is 2.99. The van der Waals surface area contributed by atoms with Crippen LogP contribution in [-0.4, -0.2) is 17.1 Å². The van der Waals surface area contributed by atoms with Gasteiger partial charge in [-0.15, -0.1) is 0 Å². The fourth-order valence-electron chi connectivity index (χ4n) is 2.03. The molecule has 3 nitrogen and oxygen atoms in total. The lowest BCUT2D eigenvalue weighted by atomic mass is 10.0. The first-order chi connectivity index (χ1) is 8.00. The van der Waals surface area contributed by atoms with Crippen LogP contribution in [0.1, 0.15) is 24.4 Å². The molecule has 92 valence electrons. The minimum atomic E-state index is -0.997. The Bertz CT molecular complexity index is 467. The minimum absolute atomic E-state index is 0.0943. The van der Waals surface area contributed by atoms with Gasteiger partial charge in [-0.05, 0) is 40.9 Å². The molecule has 17 heavy (non-hydrogen) atoms. The van der Waals surface area contributed by atoms with E-state index in [0.29, 0.717) is 12.8 Å². The van der Waals surface area contributed by atoms with Gasteiger partial charge in [0, 0.05) is 11.6 Å². The van der Waals surface area contributed by atoms with Crippen molar-refractivity contribution < 1.29 is 18.7 Å². The van der Waals surface area contributed by atoms with E-state index in [4.69, 9.17) is 5.11 Å². The zero-order chi connectivity index (χ0) is 12.6. The summed E-state index contributed by atoms with van der Waals surface area (Å²) in [4.78, 5) is 10.8. The molecule has 1 aromatic rings. The zero-order valence-electron chi connectivity index (χ0n) is 8.71. The van der Waals surface area contributed by atoms with Crippen molar-refractivity contribution in [3.63, 3.8) is 0 Å². The molecule has 2 atom stereocenters. The molecule has 2 N–H and O–H groups in total. The molecule has 1 aliphatic heterocycles. The van der Waals surface area contributed by atoms with Gasteiger partial charge >= 0.3 is 5.97 Å². The molecular formula is C11H10BrF2NO2. The maximum Gasteiger partial charge on any atom is 0.320 e. The van der Waals surface area contributed by atoms with Crippen molar-refractivity contribution in [2.45, 2.75) is 24.9 Å². The second-order valence-corrected chi connectivity index (χ2v) is 4.80. The number of hydrogen-bond acceptors (Lipinski definition) is 2. The van der Waals surface area contributed by atoms with Crippen molar-refractivity contribution in [3.8, 4) is 0 Å². The number of rotatable bonds is 2. The van der Waals surface area contributed by atoms with Gasteiger partial charge in [-0.25, -0.2) is 8.78 Å². The fraction of sp³-hybridized carbons (Fsp3) is 0.364. The van der Waals surface area contributed by atoms with E-state index in [1.54, 1.807) is 0 Å². The number of carboxylic acid groups (broad SMARTS) is 1. The molecule has 1 aliphatic rings. The van der Waals surface area contributed by atoms with Gasteiger partial charge < -0.3 is 5.11 Å². The van der Waals surface area contributed by atoms with E-state index < -0.39 is 29.7 Å². The Labute approximate surface area is 105 Å². The number of carboxylic acids is 1. The smallest absolute Gasteiger partial charge is 0.320 e. The van der Waals surface area contributed by atoms with Crippen molar-refractivity contribution in [3.05, 3.63) is 33.8 Å². The van der Waals surface area contributed by atoms with E-state index in [1.807, 2.05) is 0 Å². The van der Waals surface area contributed by atoms with Gasteiger partial charge in [-0.2, -0.15) is 0 Å². The van der Waals surface area contributed by atoms with Crippen molar-refractivity contribution in [1.82, 2.24) is 5.32 Å². The van der Waals surface area contributed by atoms with Crippen molar-refractivity contribution in [2.24, 2.45) is 0 Å². The molecule has 0 saturated carbocycles. The number of carbonyl (C=O) groups is 1. The average molecular weight is 306 g/mol. The summed E-state index contributed by atoms with van der Waals surface area (Å²) < 4.78 is 27.5. The van der Waals surface area contributed by atoms with Crippen LogP contribution in [0.15, 0.2) is 16.6 Å². The lowest BCUT2D eigenvalue weighted by Gasteiger charge is -2.14. The number of aliphatic carboxylic acids is 1. The van der Waals surface area contributed by atoms with Gasteiger partial charge in [0.2, 0.25) is 0 Å². The van der Waals surface area contributed by atoms with Crippen molar-refractivity contribution >= 4 is 21.9 Å². The van der Waals surface area contributed by atoms with Gasteiger partial charge in [0.1, 0.15) is 17.7 Å². The molecule has 2 unspecified atom stereocenters. The largest absolute Gasteiger partial charge is 0.480 e. The molecule has 0 bridgehead atoms. The Morgan fingerprint density at radius 1 is 1.41 bits per heavy atom. The molecule has 1 fully saturated rings. The minimum Gasteiger partial charge on any atom is -0.480 e. The number of nitrogens with one attached hydrogen (secondary N) is 1. The summed E-state index contributed by atoms with van der Waals surface area (Å²) in [6, 6.07) is 1.13. The first-order valence-electron chi connectivity index (χ1n) is 5.13. The van der Waals surface area contributed by atoms with E-state index in [2.05, 4.69) is 21.2 Å². The van der Waals surface area contributed by atoms with Gasteiger partial charge in [0.05, 0.1) is 4.47 Å². The first kappa shape index (κ1) is 12.4. The zero-order valence-corrected chi connectivity index (χ0v) is 10.3. The highest BCUT2D eigenvalue weighted by molar-refractivity contribution is 9.10. The summed E-state index contributed by atoms with van der Waals surface area (Å²) in [5.74, 6) is -2.33. The molecule has 1 heterocycles. The highest BCUT2D eigenvalue weighted by Gasteiger charge is 2.33. The second-order valence-electron chi connectivity index (χ2n) is 3.94. The molecule has 0 radical (unpaired) electrons. The van der Waals surface area contributed by atoms with Crippen LogP contribution in [0.2, 0.25) is 0 Å².